The SMILES string of the molecule is CCOS(=O)(=O)NCCN.[KH]. The Hall–Kier alpha value is 1.47. The molecule has 0 radical (unpaired) electrons. The average molecular weight is 208 g/mol. The molecule has 5 nitrogen and oxygen atoms in total. The van der Waals surface area contributed by atoms with Crippen LogP contribution in [0.15, 0.2) is 0 Å². The minimum absolute atomic E-state index is 0. The molecule has 0 aromatic carbocycles. The van der Waals surface area contributed by atoms with Crippen molar-refractivity contribution >= 4 is 61.7 Å². The molecule has 0 bridgehead atoms. The second-order valence-electron chi connectivity index (χ2n) is 1.54. The number of rotatable bonds is 5. The van der Waals surface area contributed by atoms with Gasteiger partial charge in [0, 0.05) is 13.1 Å². The Bertz CT molecular complexity index is 170. The van der Waals surface area contributed by atoms with Crippen LogP contribution in [0.3, 0.4) is 0 Å². The molecule has 0 fully saturated rings. The maximum absolute atomic E-state index is 10.6. The van der Waals surface area contributed by atoms with Gasteiger partial charge in [-0.25, -0.2) is 0 Å². The Morgan fingerprint density at radius 3 is 2.45 bits per heavy atom. The van der Waals surface area contributed by atoms with Crippen LogP contribution in [0.25, 0.3) is 0 Å². The van der Waals surface area contributed by atoms with Crippen molar-refractivity contribution in [2.45, 2.75) is 6.92 Å². The standard InChI is InChI=1S/C4H12N2O3S.K.H/c1-2-9-10(7,8)6-4-3-5;;/h6H,2-5H2,1H3;;. The summed E-state index contributed by atoms with van der Waals surface area (Å²) in [5.41, 5.74) is 5.05. The van der Waals surface area contributed by atoms with Crippen molar-refractivity contribution in [2.75, 3.05) is 19.7 Å². The summed E-state index contributed by atoms with van der Waals surface area (Å²) in [6.45, 7) is 2.22. The van der Waals surface area contributed by atoms with Crippen LogP contribution in [0.5, 0.6) is 0 Å². The van der Waals surface area contributed by atoms with Crippen LogP contribution in [0.1, 0.15) is 6.92 Å². The molecule has 0 spiro atoms. The van der Waals surface area contributed by atoms with Gasteiger partial charge < -0.3 is 5.73 Å². The summed E-state index contributed by atoms with van der Waals surface area (Å²) in [5.74, 6) is 0. The average Bonchev–Trinajstić information content (AvgIpc) is 1.84. The second-order valence-corrected chi connectivity index (χ2v) is 2.98. The van der Waals surface area contributed by atoms with Crippen LogP contribution in [-0.4, -0.2) is 79.5 Å². The minimum atomic E-state index is -3.52. The molecule has 11 heavy (non-hydrogen) atoms. The van der Waals surface area contributed by atoms with Crippen LogP contribution in [0.2, 0.25) is 0 Å². The summed E-state index contributed by atoms with van der Waals surface area (Å²) >= 11 is 0. The van der Waals surface area contributed by atoms with Crippen molar-refractivity contribution in [1.29, 1.82) is 0 Å². The van der Waals surface area contributed by atoms with Gasteiger partial charge in [0.15, 0.2) is 0 Å². The van der Waals surface area contributed by atoms with E-state index in [9.17, 15) is 8.42 Å². The number of nitrogens with two attached hydrogens (primary N) is 1. The van der Waals surface area contributed by atoms with Gasteiger partial charge in [0.05, 0.1) is 6.61 Å². The topological polar surface area (TPSA) is 81.4 Å². The summed E-state index contributed by atoms with van der Waals surface area (Å²) < 4.78 is 27.7. The maximum atomic E-state index is 10.6. The van der Waals surface area contributed by atoms with Gasteiger partial charge in [-0.2, -0.15) is 13.1 Å². The predicted octanol–water partition coefficient (Wildman–Crippen LogP) is -1.83. The van der Waals surface area contributed by atoms with Crippen molar-refractivity contribution in [1.82, 2.24) is 4.72 Å². The molecule has 0 heterocycles. The van der Waals surface area contributed by atoms with E-state index < -0.39 is 10.3 Å². The van der Waals surface area contributed by atoms with Gasteiger partial charge in [0.2, 0.25) is 0 Å². The molecule has 0 amide bonds. The third kappa shape index (κ3) is 9.38. The van der Waals surface area contributed by atoms with E-state index in [0.29, 0.717) is 0 Å². The zero-order chi connectivity index (χ0) is 8.04. The molecule has 0 aromatic heterocycles. The van der Waals surface area contributed by atoms with Gasteiger partial charge in [-0.3, -0.25) is 4.18 Å². The van der Waals surface area contributed by atoms with E-state index in [-0.39, 0.29) is 71.1 Å². The first-order valence-electron chi connectivity index (χ1n) is 2.96. The van der Waals surface area contributed by atoms with Gasteiger partial charge in [-0.05, 0) is 6.92 Å². The predicted molar refractivity (Wildman–Crippen MR) is 44.8 cm³/mol. The van der Waals surface area contributed by atoms with Gasteiger partial charge >= 0.3 is 61.7 Å². The molecular weight excluding hydrogens is 195 g/mol. The van der Waals surface area contributed by atoms with Crippen molar-refractivity contribution in [3.8, 4) is 0 Å². The molecule has 7 heteroatoms. The van der Waals surface area contributed by atoms with E-state index in [1.54, 1.807) is 6.92 Å². The van der Waals surface area contributed by atoms with Crippen molar-refractivity contribution in [3.63, 3.8) is 0 Å². The first-order chi connectivity index (χ1) is 4.62. The molecular formula is C4H13KN2O3S. The van der Waals surface area contributed by atoms with Crippen LogP contribution in [0, 0.1) is 0 Å². The van der Waals surface area contributed by atoms with Gasteiger partial charge in [0.1, 0.15) is 0 Å². The van der Waals surface area contributed by atoms with E-state index in [0.717, 1.165) is 0 Å². The zero-order valence-electron chi connectivity index (χ0n) is 5.83. The van der Waals surface area contributed by atoms with Crippen LogP contribution in [0.4, 0.5) is 0 Å². The summed E-state index contributed by atoms with van der Waals surface area (Å²) in [4.78, 5) is 0. The molecule has 0 saturated carbocycles. The first kappa shape index (κ1) is 15.0. The van der Waals surface area contributed by atoms with Crippen LogP contribution >= 0.6 is 0 Å². The normalized spacial score (nSPS) is 10.7. The molecule has 0 aliphatic heterocycles. The summed E-state index contributed by atoms with van der Waals surface area (Å²) in [6, 6.07) is 0. The summed E-state index contributed by atoms with van der Waals surface area (Å²) in [5, 5.41) is 0. The zero-order valence-corrected chi connectivity index (χ0v) is 6.65. The number of nitrogens with one attached hydrogen (secondary N) is 1. The van der Waals surface area contributed by atoms with Crippen LogP contribution in [-0.2, 0) is 14.5 Å². The van der Waals surface area contributed by atoms with E-state index in [1.807, 2.05) is 0 Å². The van der Waals surface area contributed by atoms with Crippen molar-refractivity contribution < 1.29 is 12.6 Å². The summed E-state index contributed by atoms with van der Waals surface area (Å²) in [6.07, 6.45) is 0. The van der Waals surface area contributed by atoms with Gasteiger partial charge in [-0.1, -0.05) is 0 Å². The van der Waals surface area contributed by atoms with E-state index >= 15 is 0 Å². The Kier molecular flexibility index (Phi) is 11.0. The fourth-order valence-electron chi connectivity index (χ4n) is 0.381. The third-order valence-corrected chi connectivity index (χ3v) is 1.80. The fraction of sp³-hybridized carbons (Fsp3) is 1.00. The molecule has 0 aliphatic rings. The molecule has 0 rings (SSSR count). The number of hydrogen-bond donors (Lipinski definition) is 2. The fourth-order valence-corrected chi connectivity index (χ4v) is 1.14. The molecule has 0 saturated heterocycles. The van der Waals surface area contributed by atoms with Crippen molar-refractivity contribution in [3.05, 3.63) is 0 Å². The van der Waals surface area contributed by atoms with Gasteiger partial charge in [-0.15, -0.1) is 0 Å². The molecule has 0 atom stereocenters. The van der Waals surface area contributed by atoms with Crippen molar-refractivity contribution in [2.24, 2.45) is 5.73 Å². The summed E-state index contributed by atoms with van der Waals surface area (Å²) in [7, 11) is -3.52. The van der Waals surface area contributed by atoms with E-state index in [2.05, 4.69) is 8.91 Å². The molecule has 3 N–H and O–H groups in total. The van der Waals surface area contributed by atoms with E-state index in [1.165, 1.54) is 0 Å². The van der Waals surface area contributed by atoms with E-state index in [4.69, 9.17) is 5.73 Å². The number of hydrogen-bond acceptors (Lipinski definition) is 4. The van der Waals surface area contributed by atoms with Crippen LogP contribution < -0.4 is 10.5 Å². The Morgan fingerprint density at radius 1 is 1.55 bits per heavy atom. The first-order valence-corrected chi connectivity index (χ1v) is 4.37. The third-order valence-electron chi connectivity index (χ3n) is 0.696. The Labute approximate surface area is 110 Å². The Balaban J connectivity index is 0. The van der Waals surface area contributed by atoms with Gasteiger partial charge in [0.25, 0.3) is 0 Å². The molecule has 0 aromatic rings. The molecule has 64 valence electrons. The quantitative estimate of drug-likeness (QED) is 0.521. The molecule has 0 unspecified atom stereocenters. The molecule has 0 aliphatic carbocycles. The Morgan fingerprint density at radius 2 is 2.09 bits per heavy atom. The monoisotopic (exact) mass is 208 g/mol. The second kappa shape index (κ2) is 8.08.